The lowest BCUT2D eigenvalue weighted by molar-refractivity contribution is -0.154. The van der Waals surface area contributed by atoms with Gasteiger partial charge in [-0.3, -0.25) is 4.79 Å². The number of esters is 1. The number of carbonyl (C=O) groups excluding carboxylic acids is 2. The van der Waals surface area contributed by atoms with Gasteiger partial charge in [-0.05, 0) is 88.4 Å². The third kappa shape index (κ3) is 5.49. The topological polar surface area (TPSA) is 99.5 Å². The van der Waals surface area contributed by atoms with Gasteiger partial charge in [0.2, 0.25) is 34.8 Å². The molecule has 5 rings (SSSR count). The maximum atomic E-state index is 15.0. The fourth-order valence-corrected chi connectivity index (χ4v) is 5.11. The molecule has 8 nitrogen and oxygen atoms in total. The molecular formula is C31H25F6N3O5. The van der Waals surface area contributed by atoms with E-state index in [0.29, 0.717) is 23.9 Å². The van der Waals surface area contributed by atoms with Crippen molar-refractivity contribution >= 4 is 28.5 Å². The van der Waals surface area contributed by atoms with Gasteiger partial charge < -0.3 is 14.9 Å². The Bertz CT molecular complexity index is 1960. The van der Waals surface area contributed by atoms with E-state index in [0.717, 1.165) is 28.0 Å². The van der Waals surface area contributed by atoms with Crippen molar-refractivity contribution in [1.82, 2.24) is 9.71 Å². The standard InChI is InChI=1S/C31H25F6N3O5/c1-12-20-14(10-19-21(12)28(41)40(13(2)38-19)45-30(43)31(3,4)5)6-9-18(20)39-15-7-8-16(17(32)11-15)29(42)44-27-25(36)23(34)22(33)24(35)26(27)37/h7-8,10-11,18,39H,6,9H2,1-5H3. The van der Waals surface area contributed by atoms with E-state index in [9.17, 15) is 40.7 Å². The van der Waals surface area contributed by atoms with Crippen LogP contribution in [0.2, 0.25) is 0 Å². The van der Waals surface area contributed by atoms with Crippen molar-refractivity contribution < 1.29 is 45.5 Å². The van der Waals surface area contributed by atoms with Crippen molar-refractivity contribution in [3.05, 3.63) is 97.6 Å². The predicted octanol–water partition coefficient (Wildman–Crippen LogP) is 6.17. The van der Waals surface area contributed by atoms with Gasteiger partial charge in [-0.15, -0.1) is 4.73 Å². The van der Waals surface area contributed by atoms with Crippen molar-refractivity contribution in [3.63, 3.8) is 0 Å². The summed E-state index contributed by atoms with van der Waals surface area (Å²) in [4.78, 5) is 48.3. The molecule has 1 aliphatic rings. The first-order valence-electron chi connectivity index (χ1n) is 13.6. The number of ether oxygens (including phenoxy) is 1. The number of nitrogens with one attached hydrogen (secondary N) is 1. The molecule has 1 aromatic heterocycles. The van der Waals surface area contributed by atoms with Gasteiger partial charge in [0.05, 0.1) is 27.9 Å². The zero-order valence-corrected chi connectivity index (χ0v) is 24.5. The summed E-state index contributed by atoms with van der Waals surface area (Å²) in [5, 5.41) is 3.36. The Morgan fingerprint density at radius 1 is 0.956 bits per heavy atom. The lowest BCUT2D eigenvalue weighted by Crippen LogP contribution is -2.38. The highest BCUT2D eigenvalue weighted by molar-refractivity contribution is 5.92. The highest BCUT2D eigenvalue weighted by Gasteiger charge is 2.31. The Morgan fingerprint density at radius 2 is 1.58 bits per heavy atom. The number of hydrogen-bond donors (Lipinski definition) is 1. The zero-order chi connectivity index (χ0) is 33.1. The third-order valence-corrected chi connectivity index (χ3v) is 7.40. The number of rotatable bonds is 5. The van der Waals surface area contributed by atoms with Gasteiger partial charge in [0.15, 0.2) is 0 Å². The van der Waals surface area contributed by atoms with Gasteiger partial charge in [-0.2, -0.15) is 8.78 Å². The van der Waals surface area contributed by atoms with Gasteiger partial charge in [0.1, 0.15) is 11.6 Å². The predicted molar refractivity (Wildman–Crippen MR) is 149 cm³/mol. The molecule has 4 aromatic rings. The van der Waals surface area contributed by atoms with Crippen LogP contribution in [0.1, 0.15) is 66.1 Å². The van der Waals surface area contributed by atoms with Crippen molar-refractivity contribution in [3.8, 4) is 5.75 Å². The molecular weight excluding hydrogens is 608 g/mol. The average molecular weight is 634 g/mol. The van der Waals surface area contributed by atoms with Crippen LogP contribution in [-0.2, 0) is 11.2 Å². The molecule has 14 heteroatoms. The number of aromatic nitrogens is 2. The van der Waals surface area contributed by atoms with E-state index in [-0.39, 0.29) is 16.9 Å². The molecule has 1 N–H and O–H groups in total. The minimum Gasteiger partial charge on any atom is -0.416 e. The molecule has 0 saturated heterocycles. The molecule has 0 amide bonds. The van der Waals surface area contributed by atoms with Crippen molar-refractivity contribution in [2.24, 2.45) is 5.41 Å². The van der Waals surface area contributed by atoms with Crippen LogP contribution < -0.4 is 20.5 Å². The van der Waals surface area contributed by atoms with Gasteiger partial charge in [0, 0.05) is 5.69 Å². The third-order valence-electron chi connectivity index (χ3n) is 7.40. The summed E-state index contributed by atoms with van der Waals surface area (Å²) in [6, 6.07) is 4.41. The van der Waals surface area contributed by atoms with Crippen LogP contribution in [0.4, 0.5) is 32.0 Å². The maximum Gasteiger partial charge on any atom is 0.346 e. The van der Waals surface area contributed by atoms with Gasteiger partial charge in [0.25, 0.3) is 5.56 Å². The van der Waals surface area contributed by atoms with Gasteiger partial charge in [-0.25, -0.2) is 32.1 Å². The van der Waals surface area contributed by atoms with Crippen molar-refractivity contribution in [2.45, 2.75) is 53.5 Å². The Hall–Kier alpha value is -4.88. The molecule has 0 radical (unpaired) electrons. The van der Waals surface area contributed by atoms with Crippen LogP contribution in [0.15, 0.2) is 29.1 Å². The number of anilines is 1. The number of hydrogen-bond acceptors (Lipinski definition) is 7. The highest BCUT2D eigenvalue weighted by atomic mass is 19.2. The molecule has 1 heterocycles. The molecule has 45 heavy (non-hydrogen) atoms. The summed E-state index contributed by atoms with van der Waals surface area (Å²) in [5.74, 6) is -17.1. The summed E-state index contributed by atoms with van der Waals surface area (Å²) < 4.78 is 88.3. The Morgan fingerprint density at radius 3 is 2.18 bits per heavy atom. The monoisotopic (exact) mass is 633 g/mol. The normalized spacial score (nSPS) is 14.4. The summed E-state index contributed by atoms with van der Waals surface area (Å²) >= 11 is 0. The number of halogens is 6. The van der Waals surface area contributed by atoms with Crippen molar-refractivity contribution in [1.29, 1.82) is 0 Å². The number of nitrogens with zero attached hydrogens (tertiary/aromatic N) is 2. The maximum absolute atomic E-state index is 15.0. The lowest BCUT2D eigenvalue weighted by Gasteiger charge is -2.20. The van der Waals surface area contributed by atoms with Crippen LogP contribution in [0.3, 0.4) is 0 Å². The van der Waals surface area contributed by atoms with E-state index in [1.165, 1.54) is 6.07 Å². The molecule has 1 aliphatic carbocycles. The summed E-state index contributed by atoms with van der Waals surface area (Å²) in [6.45, 7) is 8.19. The highest BCUT2D eigenvalue weighted by Crippen LogP contribution is 2.39. The summed E-state index contributed by atoms with van der Waals surface area (Å²) in [7, 11) is 0. The average Bonchev–Trinajstić information content (AvgIpc) is 3.36. The van der Waals surface area contributed by atoms with E-state index in [2.05, 4.69) is 15.0 Å². The smallest absolute Gasteiger partial charge is 0.346 e. The molecule has 0 spiro atoms. The minimum absolute atomic E-state index is 0.177. The van der Waals surface area contributed by atoms with Crippen LogP contribution in [0.25, 0.3) is 10.9 Å². The quantitative estimate of drug-likeness (QED) is 0.0923. The molecule has 0 bridgehead atoms. The van der Waals surface area contributed by atoms with Gasteiger partial charge in [-0.1, -0.05) is 0 Å². The van der Waals surface area contributed by atoms with Crippen molar-refractivity contribution in [2.75, 3.05) is 5.32 Å². The molecule has 0 fully saturated rings. The molecule has 0 aliphatic heterocycles. The van der Waals surface area contributed by atoms with E-state index < -0.39 is 75.2 Å². The van der Waals surface area contributed by atoms with Crippen LogP contribution >= 0.6 is 0 Å². The Balaban J connectivity index is 1.43. The van der Waals surface area contributed by atoms with E-state index in [4.69, 9.17) is 4.84 Å². The first kappa shape index (κ1) is 31.5. The van der Waals surface area contributed by atoms with E-state index in [1.54, 1.807) is 40.7 Å². The second-order valence-electron chi connectivity index (χ2n) is 11.6. The molecule has 236 valence electrons. The lowest BCUT2D eigenvalue weighted by atomic mass is 9.97. The number of carbonyl (C=O) groups is 2. The molecule has 0 saturated carbocycles. The summed E-state index contributed by atoms with van der Waals surface area (Å²) in [6.07, 6.45) is 1.12. The van der Waals surface area contributed by atoms with Crippen LogP contribution in [0.5, 0.6) is 5.75 Å². The zero-order valence-electron chi connectivity index (χ0n) is 24.5. The van der Waals surface area contributed by atoms with Crippen LogP contribution in [0, 0.1) is 54.2 Å². The van der Waals surface area contributed by atoms with Gasteiger partial charge >= 0.3 is 11.9 Å². The summed E-state index contributed by atoms with van der Waals surface area (Å²) in [5.41, 5.74) is 0.503. The fraction of sp³-hybridized carbons (Fsp3) is 0.290. The van der Waals surface area contributed by atoms with E-state index >= 15 is 0 Å². The molecule has 1 unspecified atom stereocenters. The second-order valence-corrected chi connectivity index (χ2v) is 11.6. The first-order valence-corrected chi connectivity index (χ1v) is 13.6. The number of benzene rings is 3. The largest absolute Gasteiger partial charge is 0.416 e. The Labute approximate surface area is 251 Å². The first-order chi connectivity index (χ1) is 21.0. The SMILES string of the molecule is Cc1c2c(cc3nc(C)n(OC(=O)C(C)(C)C)c(=O)c13)CCC2Nc1ccc(C(=O)Oc2c(F)c(F)c(F)c(F)c2F)c(F)c1. The van der Waals surface area contributed by atoms with E-state index in [1.807, 2.05) is 0 Å². The molecule has 3 aromatic carbocycles. The minimum atomic E-state index is -2.44. The Kier molecular flexibility index (Phi) is 7.88. The van der Waals surface area contributed by atoms with Crippen LogP contribution in [-0.4, -0.2) is 21.7 Å². The second kappa shape index (κ2) is 11.2. The fourth-order valence-electron chi connectivity index (χ4n) is 5.11. The molecule has 1 atom stereocenters. The number of aryl methyl sites for hydroxylation is 3. The number of fused-ring (bicyclic) bond motifs is 2.